The first-order valence-corrected chi connectivity index (χ1v) is 22.1. The average Bonchev–Trinajstić information content (AvgIpc) is 3.90. The number of ether oxygens (including phenoxy) is 3. The summed E-state index contributed by atoms with van der Waals surface area (Å²) in [6, 6.07) is -1.53. The SMILES string of the molecule is CCCCC/C=C\C/C=C\C/C=C\CC1OC1CCCC(=O)OC[C@H](COP(=O)(O)OC[C@H](N)C(=O)O)OC(=O)CCCCCCCCCCCCCC. The molecule has 0 amide bonds. The maximum Gasteiger partial charge on any atom is 0.472 e. The van der Waals surface area contributed by atoms with Gasteiger partial charge in [0, 0.05) is 12.8 Å². The molecule has 0 aromatic carbocycles. The zero-order valence-corrected chi connectivity index (χ0v) is 34.1. The van der Waals surface area contributed by atoms with Gasteiger partial charge in [-0.15, -0.1) is 0 Å². The van der Waals surface area contributed by atoms with E-state index in [2.05, 4.69) is 54.8 Å². The number of rotatable bonds is 37. The summed E-state index contributed by atoms with van der Waals surface area (Å²) in [5.41, 5.74) is 5.32. The highest BCUT2D eigenvalue weighted by Crippen LogP contribution is 2.43. The van der Waals surface area contributed by atoms with E-state index in [0.29, 0.717) is 19.3 Å². The lowest BCUT2D eigenvalue weighted by Gasteiger charge is -2.20. The first kappa shape index (κ1) is 49.7. The molecule has 13 heteroatoms. The van der Waals surface area contributed by atoms with E-state index in [1.165, 1.54) is 70.6 Å². The van der Waals surface area contributed by atoms with Gasteiger partial charge in [0.15, 0.2) is 6.10 Å². The second-order valence-electron chi connectivity index (χ2n) is 14.2. The summed E-state index contributed by atoms with van der Waals surface area (Å²) in [6.45, 7) is 2.68. The molecule has 4 N–H and O–H groups in total. The van der Waals surface area contributed by atoms with E-state index < -0.39 is 51.1 Å². The van der Waals surface area contributed by atoms with Crippen LogP contribution in [0, 0.1) is 0 Å². The third-order valence-corrected chi connectivity index (χ3v) is 10.0. The molecule has 0 aliphatic carbocycles. The molecular weight excluding hydrogens is 713 g/mol. The molecule has 54 heavy (non-hydrogen) atoms. The molecule has 0 spiro atoms. The zero-order chi connectivity index (χ0) is 39.7. The number of nitrogens with two attached hydrogens (primary N) is 1. The van der Waals surface area contributed by atoms with Gasteiger partial charge in [0.2, 0.25) is 0 Å². The molecule has 1 heterocycles. The molecule has 0 aromatic rings. The van der Waals surface area contributed by atoms with Crippen molar-refractivity contribution >= 4 is 25.7 Å². The molecule has 3 unspecified atom stereocenters. The van der Waals surface area contributed by atoms with E-state index in [9.17, 15) is 23.8 Å². The van der Waals surface area contributed by atoms with Crippen LogP contribution in [-0.2, 0) is 42.2 Å². The first-order chi connectivity index (χ1) is 26.1. The number of unbranched alkanes of at least 4 members (excludes halogenated alkanes) is 14. The standard InChI is InChI=1S/C41H72NO11P/c1-3-5-7-9-11-13-15-17-19-21-23-25-28-37-38(53-37)29-27-31-39(43)49-32-35(33-50-54(47,48)51-34-36(42)41(45)46)52-40(44)30-26-24-22-20-18-16-14-12-10-8-6-4-2/h11,13,17,19,23,25,35-38H,3-10,12,14-16,18,20-22,24,26-34,42H2,1-2H3,(H,45,46)(H,47,48)/b13-11-,19-17-,25-23-/t35-,36+,37?,38?/m1/s1. The Kier molecular flexibility index (Phi) is 30.2. The third kappa shape index (κ3) is 29.9. The van der Waals surface area contributed by atoms with Gasteiger partial charge in [0.1, 0.15) is 12.6 Å². The molecule has 0 saturated carbocycles. The van der Waals surface area contributed by atoms with Crippen LogP contribution in [0.3, 0.4) is 0 Å². The fourth-order valence-corrected chi connectivity index (χ4v) is 6.46. The summed E-state index contributed by atoms with van der Waals surface area (Å²) in [5, 5.41) is 8.88. The number of esters is 2. The largest absolute Gasteiger partial charge is 0.480 e. The van der Waals surface area contributed by atoms with E-state index in [1.807, 2.05) is 0 Å². The van der Waals surface area contributed by atoms with Crippen molar-refractivity contribution in [3.05, 3.63) is 36.5 Å². The Hall–Kier alpha value is -2.34. The molecule has 5 atom stereocenters. The highest BCUT2D eigenvalue weighted by Gasteiger charge is 2.36. The van der Waals surface area contributed by atoms with Crippen molar-refractivity contribution in [1.82, 2.24) is 0 Å². The second kappa shape index (κ2) is 32.9. The molecule has 1 aliphatic heterocycles. The van der Waals surface area contributed by atoms with Crippen molar-refractivity contribution in [2.24, 2.45) is 5.73 Å². The van der Waals surface area contributed by atoms with Crippen molar-refractivity contribution in [2.75, 3.05) is 19.8 Å². The Morgan fingerprint density at radius 2 is 1.22 bits per heavy atom. The molecule has 12 nitrogen and oxygen atoms in total. The number of carboxylic acids is 1. The van der Waals surface area contributed by atoms with Gasteiger partial charge in [-0.1, -0.05) is 134 Å². The third-order valence-electron chi connectivity index (χ3n) is 9.07. The van der Waals surface area contributed by atoms with Crippen molar-refractivity contribution in [2.45, 2.75) is 186 Å². The van der Waals surface area contributed by atoms with Crippen LogP contribution < -0.4 is 5.73 Å². The van der Waals surface area contributed by atoms with Crippen molar-refractivity contribution in [1.29, 1.82) is 0 Å². The van der Waals surface area contributed by atoms with E-state index in [0.717, 1.165) is 44.9 Å². The Labute approximate surface area is 325 Å². The summed E-state index contributed by atoms with van der Waals surface area (Å²) in [5.74, 6) is -2.46. The quantitative estimate of drug-likeness (QED) is 0.0178. The number of epoxide rings is 1. The molecule has 1 fully saturated rings. The van der Waals surface area contributed by atoms with Crippen LogP contribution in [-0.4, -0.2) is 72.1 Å². The van der Waals surface area contributed by atoms with E-state index in [-0.39, 0.29) is 31.7 Å². The lowest BCUT2D eigenvalue weighted by Crippen LogP contribution is -2.34. The number of phosphoric ester groups is 1. The molecule has 1 saturated heterocycles. The average molecular weight is 786 g/mol. The molecule has 0 bridgehead atoms. The van der Waals surface area contributed by atoms with Crippen LogP contribution in [0.5, 0.6) is 0 Å². The molecule has 0 aromatic heterocycles. The summed E-state index contributed by atoms with van der Waals surface area (Å²) in [4.78, 5) is 46.0. The Morgan fingerprint density at radius 1 is 0.685 bits per heavy atom. The Balaban J connectivity index is 2.36. The number of carboxylic acid groups (broad SMARTS) is 1. The topological polar surface area (TPSA) is 184 Å². The summed E-state index contributed by atoms with van der Waals surface area (Å²) >= 11 is 0. The van der Waals surface area contributed by atoms with Gasteiger partial charge < -0.3 is 29.9 Å². The monoisotopic (exact) mass is 785 g/mol. The van der Waals surface area contributed by atoms with Crippen molar-refractivity contribution in [3.63, 3.8) is 0 Å². The predicted molar refractivity (Wildman–Crippen MR) is 212 cm³/mol. The summed E-state index contributed by atoms with van der Waals surface area (Å²) < 4.78 is 38.4. The predicted octanol–water partition coefficient (Wildman–Crippen LogP) is 9.44. The Bertz CT molecular complexity index is 1130. The first-order valence-electron chi connectivity index (χ1n) is 20.6. The van der Waals surface area contributed by atoms with Crippen molar-refractivity contribution in [3.8, 4) is 0 Å². The summed E-state index contributed by atoms with van der Waals surface area (Å²) in [7, 11) is -4.73. The van der Waals surface area contributed by atoms with Gasteiger partial charge in [-0.25, -0.2) is 4.57 Å². The number of allylic oxidation sites excluding steroid dienone is 5. The second-order valence-corrected chi connectivity index (χ2v) is 15.6. The minimum Gasteiger partial charge on any atom is -0.480 e. The smallest absolute Gasteiger partial charge is 0.472 e. The minimum atomic E-state index is -4.73. The number of hydrogen-bond acceptors (Lipinski definition) is 10. The van der Waals surface area contributed by atoms with Gasteiger partial charge in [0.05, 0.1) is 25.4 Å². The normalized spacial score (nSPS) is 17.9. The molecule has 312 valence electrons. The summed E-state index contributed by atoms with van der Waals surface area (Å²) in [6.07, 6.45) is 35.2. The van der Waals surface area contributed by atoms with Gasteiger partial charge in [-0.3, -0.25) is 23.4 Å². The molecular formula is C41H72NO11P. The van der Waals surface area contributed by atoms with E-state index in [1.54, 1.807) is 0 Å². The number of carbonyl (C=O) groups excluding carboxylic acids is 2. The number of hydrogen-bond donors (Lipinski definition) is 3. The van der Waals surface area contributed by atoms with Crippen LogP contribution in [0.2, 0.25) is 0 Å². The number of phosphoric acid groups is 1. The lowest BCUT2D eigenvalue weighted by molar-refractivity contribution is -0.161. The number of carbonyl (C=O) groups is 3. The van der Waals surface area contributed by atoms with Crippen LogP contribution in [0.1, 0.15) is 162 Å². The van der Waals surface area contributed by atoms with Gasteiger partial charge >= 0.3 is 25.7 Å². The van der Waals surface area contributed by atoms with Gasteiger partial charge in [-0.2, -0.15) is 0 Å². The van der Waals surface area contributed by atoms with E-state index >= 15 is 0 Å². The highest BCUT2D eigenvalue weighted by atomic mass is 31.2. The maximum absolute atomic E-state index is 12.6. The van der Waals surface area contributed by atoms with Crippen LogP contribution in [0.25, 0.3) is 0 Å². The van der Waals surface area contributed by atoms with Gasteiger partial charge in [-0.05, 0) is 51.4 Å². The lowest BCUT2D eigenvalue weighted by atomic mass is 10.0. The molecule has 1 rings (SSSR count). The minimum absolute atomic E-state index is 0.103. The zero-order valence-electron chi connectivity index (χ0n) is 33.3. The molecule has 1 aliphatic rings. The fourth-order valence-electron chi connectivity index (χ4n) is 5.68. The Morgan fingerprint density at radius 3 is 1.85 bits per heavy atom. The van der Waals surface area contributed by atoms with Crippen LogP contribution >= 0.6 is 7.82 Å². The number of aliphatic carboxylic acids is 1. The maximum atomic E-state index is 12.6. The van der Waals surface area contributed by atoms with Crippen LogP contribution in [0.4, 0.5) is 0 Å². The van der Waals surface area contributed by atoms with Crippen molar-refractivity contribution < 1.29 is 52.2 Å². The van der Waals surface area contributed by atoms with Gasteiger partial charge in [0.25, 0.3) is 0 Å². The highest BCUT2D eigenvalue weighted by molar-refractivity contribution is 7.47. The van der Waals surface area contributed by atoms with E-state index in [4.69, 9.17) is 29.6 Å². The van der Waals surface area contributed by atoms with Crippen LogP contribution in [0.15, 0.2) is 36.5 Å². The molecule has 0 radical (unpaired) electrons. The fraction of sp³-hybridized carbons (Fsp3) is 0.780.